The van der Waals surface area contributed by atoms with Crippen molar-refractivity contribution in [3.63, 3.8) is 0 Å². The molecule has 0 spiro atoms. The molecule has 6 nitrogen and oxygen atoms in total. The molecular weight excluding hydrogens is 344 g/mol. The third kappa shape index (κ3) is 4.46. The molecule has 0 aromatic heterocycles. The van der Waals surface area contributed by atoms with E-state index in [2.05, 4.69) is 10.2 Å². The number of hydrogen-bond donors (Lipinski definition) is 1. The minimum absolute atomic E-state index is 0.205. The molecule has 0 aliphatic carbocycles. The van der Waals surface area contributed by atoms with Crippen molar-refractivity contribution < 1.29 is 19.1 Å². The van der Waals surface area contributed by atoms with Crippen LogP contribution < -0.4 is 10.2 Å². The average molecular weight is 368 g/mol. The predicted octanol–water partition coefficient (Wildman–Crippen LogP) is 3.26. The van der Waals surface area contributed by atoms with Gasteiger partial charge in [0.25, 0.3) is 5.91 Å². The summed E-state index contributed by atoms with van der Waals surface area (Å²) in [5, 5.41) is 2.97. The Bertz CT molecular complexity index is 829. The third-order valence-corrected chi connectivity index (χ3v) is 4.50. The number of benzene rings is 2. The number of aryl methyl sites for hydroxylation is 1. The lowest BCUT2D eigenvalue weighted by Gasteiger charge is -2.30. The van der Waals surface area contributed by atoms with Crippen LogP contribution in [0, 0.1) is 6.92 Å². The molecule has 0 bridgehead atoms. The molecule has 1 saturated heterocycles. The average Bonchev–Trinajstić information content (AvgIpc) is 2.69. The van der Waals surface area contributed by atoms with Gasteiger partial charge in [0.2, 0.25) is 0 Å². The summed E-state index contributed by atoms with van der Waals surface area (Å²) in [5.41, 5.74) is 3.37. The van der Waals surface area contributed by atoms with Crippen molar-refractivity contribution in [3.8, 4) is 0 Å². The number of esters is 1. The fourth-order valence-corrected chi connectivity index (χ4v) is 3.07. The largest absolute Gasteiger partial charge is 0.462 e. The number of hydrogen-bond acceptors (Lipinski definition) is 5. The number of ether oxygens (including phenoxy) is 2. The zero-order valence-corrected chi connectivity index (χ0v) is 15.7. The minimum atomic E-state index is -0.405. The number of carbonyl (C=O) groups is 2. The van der Waals surface area contributed by atoms with Crippen molar-refractivity contribution in [3.05, 3.63) is 59.2 Å². The van der Waals surface area contributed by atoms with E-state index in [9.17, 15) is 9.59 Å². The standard InChI is InChI=1S/C21H24N2O4/c1-3-27-21(25)16-8-9-19(23-10-12-26-13-11-23)18(14-16)22-20(24)17-7-5-4-6-15(17)2/h4-9,14H,3,10-13H2,1-2H3,(H,22,24). The van der Waals surface area contributed by atoms with Gasteiger partial charge in [0, 0.05) is 18.7 Å². The summed E-state index contributed by atoms with van der Waals surface area (Å²) < 4.78 is 10.5. The Balaban J connectivity index is 1.93. The third-order valence-electron chi connectivity index (χ3n) is 4.50. The molecule has 142 valence electrons. The zero-order chi connectivity index (χ0) is 19.2. The van der Waals surface area contributed by atoms with E-state index in [1.807, 2.05) is 31.2 Å². The van der Waals surface area contributed by atoms with Gasteiger partial charge < -0.3 is 19.7 Å². The van der Waals surface area contributed by atoms with E-state index in [0.717, 1.165) is 24.3 Å². The predicted molar refractivity (Wildman–Crippen MR) is 105 cm³/mol. The Morgan fingerprint density at radius 2 is 1.89 bits per heavy atom. The van der Waals surface area contributed by atoms with Crippen molar-refractivity contribution in [2.45, 2.75) is 13.8 Å². The Morgan fingerprint density at radius 1 is 1.15 bits per heavy atom. The van der Waals surface area contributed by atoms with Crippen LogP contribution in [0.4, 0.5) is 11.4 Å². The Kier molecular flexibility index (Phi) is 6.08. The number of anilines is 2. The summed E-state index contributed by atoms with van der Waals surface area (Å²) in [4.78, 5) is 27.1. The van der Waals surface area contributed by atoms with Crippen molar-refractivity contribution in [2.24, 2.45) is 0 Å². The normalized spacial score (nSPS) is 13.9. The molecule has 0 atom stereocenters. The lowest BCUT2D eigenvalue weighted by atomic mass is 10.1. The SMILES string of the molecule is CCOC(=O)c1ccc(N2CCOCC2)c(NC(=O)c2ccccc2C)c1. The first-order chi connectivity index (χ1) is 13.1. The first-order valence-corrected chi connectivity index (χ1v) is 9.11. The molecule has 1 aliphatic heterocycles. The monoisotopic (exact) mass is 368 g/mol. The summed E-state index contributed by atoms with van der Waals surface area (Å²) in [5.74, 6) is -0.610. The molecule has 0 saturated carbocycles. The smallest absolute Gasteiger partial charge is 0.338 e. The molecule has 2 aromatic carbocycles. The van der Waals surface area contributed by atoms with Gasteiger partial charge in [0.05, 0.1) is 36.8 Å². The number of amides is 1. The van der Waals surface area contributed by atoms with E-state index < -0.39 is 5.97 Å². The van der Waals surface area contributed by atoms with Crippen LogP contribution in [0.5, 0.6) is 0 Å². The van der Waals surface area contributed by atoms with Crippen LogP contribution in [0.2, 0.25) is 0 Å². The quantitative estimate of drug-likeness (QED) is 0.821. The summed E-state index contributed by atoms with van der Waals surface area (Å²) in [7, 11) is 0. The lowest BCUT2D eigenvalue weighted by Crippen LogP contribution is -2.36. The maximum atomic E-state index is 12.8. The van der Waals surface area contributed by atoms with Crippen LogP contribution in [-0.4, -0.2) is 44.8 Å². The molecule has 3 rings (SSSR count). The summed E-state index contributed by atoms with van der Waals surface area (Å²) >= 11 is 0. The van der Waals surface area contributed by atoms with Crippen molar-refractivity contribution in [1.29, 1.82) is 0 Å². The highest BCUT2D eigenvalue weighted by Gasteiger charge is 2.19. The molecule has 6 heteroatoms. The van der Waals surface area contributed by atoms with E-state index in [4.69, 9.17) is 9.47 Å². The van der Waals surface area contributed by atoms with Gasteiger partial charge in [0.15, 0.2) is 0 Å². The Labute approximate surface area is 159 Å². The number of nitrogens with zero attached hydrogens (tertiary/aromatic N) is 1. The van der Waals surface area contributed by atoms with E-state index in [-0.39, 0.29) is 5.91 Å². The number of nitrogens with one attached hydrogen (secondary N) is 1. The van der Waals surface area contributed by atoms with Crippen molar-refractivity contribution in [2.75, 3.05) is 43.1 Å². The van der Waals surface area contributed by atoms with Crippen molar-refractivity contribution >= 4 is 23.3 Å². The molecule has 27 heavy (non-hydrogen) atoms. The number of carbonyl (C=O) groups excluding carboxylic acids is 2. The molecule has 1 N–H and O–H groups in total. The zero-order valence-electron chi connectivity index (χ0n) is 15.7. The molecule has 2 aromatic rings. The van der Waals surface area contributed by atoms with Gasteiger partial charge in [-0.05, 0) is 43.7 Å². The second kappa shape index (κ2) is 8.68. The Morgan fingerprint density at radius 3 is 2.59 bits per heavy atom. The molecule has 0 unspecified atom stereocenters. The van der Waals surface area contributed by atoms with Crippen LogP contribution in [0.15, 0.2) is 42.5 Å². The van der Waals surface area contributed by atoms with Gasteiger partial charge in [-0.25, -0.2) is 4.79 Å². The first kappa shape index (κ1) is 18.9. The van der Waals surface area contributed by atoms with Gasteiger partial charge in [0.1, 0.15) is 0 Å². The molecular formula is C21H24N2O4. The molecule has 1 fully saturated rings. The highest BCUT2D eigenvalue weighted by Crippen LogP contribution is 2.29. The van der Waals surface area contributed by atoms with E-state index in [1.54, 1.807) is 25.1 Å². The van der Waals surface area contributed by atoms with Gasteiger partial charge in [-0.3, -0.25) is 4.79 Å². The summed E-state index contributed by atoms with van der Waals surface area (Å²) in [6.45, 7) is 6.68. The molecule has 1 amide bonds. The number of rotatable bonds is 5. The fraction of sp³-hybridized carbons (Fsp3) is 0.333. The van der Waals surface area contributed by atoms with Crippen LogP contribution >= 0.6 is 0 Å². The van der Waals surface area contributed by atoms with Crippen LogP contribution in [-0.2, 0) is 9.47 Å². The number of morpholine rings is 1. The van der Waals surface area contributed by atoms with Crippen LogP contribution in [0.25, 0.3) is 0 Å². The van der Waals surface area contributed by atoms with E-state index in [1.165, 1.54) is 0 Å². The second-order valence-electron chi connectivity index (χ2n) is 6.32. The molecule has 0 radical (unpaired) electrons. The highest BCUT2D eigenvalue weighted by molar-refractivity contribution is 6.07. The maximum absolute atomic E-state index is 12.8. The second-order valence-corrected chi connectivity index (χ2v) is 6.32. The molecule has 1 heterocycles. The van der Waals surface area contributed by atoms with Gasteiger partial charge in [-0.15, -0.1) is 0 Å². The first-order valence-electron chi connectivity index (χ1n) is 9.11. The summed E-state index contributed by atoms with van der Waals surface area (Å²) in [6.07, 6.45) is 0. The van der Waals surface area contributed by atoms with Gasteiger partial charge in [-0.2, -0.15) is 0 Å². The lowest BCUT2D eigenvalue weighted by molar-refractivity contribution is 0.0526. The topological polar surface area (TPSA) is 67.9 Å². The van der Waals surface area contributed by atoms with Crippen LogP contribution in [0.1, 0.15) is 33.2 Å². The van der Waals surface area contributed by atoms with E-state index >= 15 is 0 Å². The van der Waals surface area contributed by atoms with Crippen molar-refractivity contribution in [1.82, 2.24) is 0 Å². The maximum Gasteiger partial charge on any atom is 0.338 e. The van der Waals surface area contributed by atoms with Crippen LogP contribution in [0.3, 0.4) is 0 Å². The highest BCUT2D eigenvalue weighted by atomic mass is 16.5. The fourth-order valence-electron chi connectivity index (χ4n) is 3.07. The summed E-state index contributed by atoms with van der Waals surface area (Å²) in [6, 6.07) is 12.7. The van der Waals surface area contributed by atoms with E-state index in [0.29, 0.717) is 36.6 Å². The molecule has 1 aliphatic rings. The Hall–Kier alpha value is -2.86. The van der Waals surface area contributed by atoms with Gasteiger partial charge in [-0.1, -0.05) is 18.2 Å². The minimum Gasteiger partial charge on any atom is -0.462 e. The van der Waals surface area contributed by atoms with Gasteiger partial charge >= 0.3 is 5.97 Å².